The smallest absolute Gasteiger partial charge is 0.109 e. The first kappa shape index (κ1) is 13.6. The zero-order valence-corrected chi connectivity index (χ0v) is 11.4. The third-order valence-corrected chi connectivity index (χ3v) is 3.85. The number of nitrogens with one attached hydrogen (secondary N) is 2. The van der Waals surface area contributed by atoms with Gasteiger partial charge in [-0.05, 0) is 39.4 Å². The Labute approximate surface area is 103 Å². The highest BCUT2D eigenvalue weighted by Gasteiger charge is 2.08. The fourth-order valence-corrected chi connectivity index (χ4v) is 2.37. The molecule has 0 aliphatic carbocycles. The number of nitrogens with zero attached hydrogens (tertiary/aromatic N) is 1. The molecule has 2 N–H and O–H groups in total. The van der Waals surface area contributed by atoms with Gasteiger partial charge in [-0.2, -0.15) is 0 Å². The predicted molar refractivity (Wildman–Crippen MR) is 71.1 cm³/mol. The fraction of sp³-hybridized carbons (Fsp3) is 0.750. The Morgan fingerprint density at radius 3 is 2.81 bits per heavy atom. The molecule has 1 aromatic heterocycles. The Morgan fingerprint density at radius 2 is 2.19 bits per heavy atom. The van der Waals surface area contributed by atoms with E-state index in [1.54, 1.807) is 0 Å². The average Bonchev–Trinajstić information content (AvgIpc) is 2.77. The number of hydrogen-bond acceptors (Lipinski definition) is 4. The van der Waals surface area contributed by atoms with Crippen molar-refractivity contribution in [1.29, 1.82) is 0 Å². The summed E-state index contributed by atoms with van der Waals surface area (Å²) in [5.41, 5.74) is 0. The van der Waals surface area contributed by atoms with Crippen LogP contribution < -0.4 is 10.6 Å². The predicted octanol–water partition coefficient (Wildman–Crippen LogP) is 2.36. The van der Waals surface area contributed by atoms with Crippen molar-refractivity contribution in [3.63, 3.8) is 0 Å². The molecule has 1 heterocycles. The number of aryl methyl sites for hydroxylation is 1. The van der Waals surface area contributed by atoms with Gasteiger partial charge in [0, 0.05) is 11.1 Å². The van der Waals surface area contributed by atoms with Crippen LogP contribution in [0, 0.1) is 0 Å². The summed E-state index contributed by atoms with van der Waals surface area (Å²) in [6.45, 7) is 9.70. The first-order valence-corrected chi connectivity index (χ1v) is 6.98. The molecule has 3 nitrogen and oxygen atoms in total. The van der Waals surface area contributed by atoms with Crippen molar-refractivity contribution in [3.8, 4) is 0 Å². The highest BCUT2D eigenvalue weighted by atomic mass is 32.1. The zero-order chi connectivity index (χ0) is 11.8. The fourth-order valence-electron chi connectivity index (χ4n) is 1.48. The molecular weight excluding hydrogens is 218 g/mol. The van der Waals surface area contributed by atoms with Gasteiger partial charge >= 0.3 is 0 Å². The van der Waals surface area contributed by atoms with Crippen LogP contribution in [0.4, 0.5) is 0 Å². The van der Waals surface area contributed by atoms with E-state index in [1.165, 1.54) is 16.3 Å². The molecule has 4 heteroatoms. The summed E-state index contributed by atoms with van der Waals surface area (Å²) in [5, 5.41) is 8.03. The van der Waals surface area contributed by atoms with Gasteiger partial charge in [0.2, 0.25) is 0 Å². The van der Waals surface area contributed by atoms with Gasteiger partial charge in [0.25, 0.3) is 0 Å². The first-order valence-electron chi connectivity index (χ1n) is 6.16. The highest BCUT2D eigenvalue weighted by molar-refractivity contribution is 7.11. The van der Waals surface area contributed by atoms with Crippen molar-refractivity contribution in [1.82, 2.24) is 15.6 Å². The van der Waals surface area contributed by atoms with E-state index in [1.807, 2.05) is 17.5 Å². The maximum Gasteiger partial charge on any atom is 0.109 e. The van der Waals surface area contributed by atoms with Gasteiger partial charge in [0.15, 0.2) is 0 Å². The van der Waals surface area contributed by atoms with Crippen molar-refractivity contribution >= 4 is 11.3 Å². The molecule has 1 aromatic rings. The van der Waals surface area contributed by atoms with E-state index in [0.717, 1.165) is 26.1 Å². The molecule has 0 saturated heterocycles. The van der Waals surface area contributed by atoms with Gasteiger partial charge in [-0.25, -0.2) is 4.98 Å². The van der Waals surface area contributed by atoms with E-state index in [2.05, 4.69) is 36.4 Å². The summed E-state index contributed by atoms with van der Waals surface area (Å²) in [6.07, 6.45) is 4.26. The Bertz CT molecular complexity index is 286. The lowest BCUT2D eigenvalue weighted by molar-refractivity contribution is 0.541. The SMILES string of the molecule is CCNCCCNC(C)c1ncc(CC)s1. The van der Waals surface area contributed by atoms with Crippen LogP contribution in [0.1, 0.15) is 43.1 Å². The normalized spacial score (nSPS) is 12.9. The van der Waals surface area contributed by atoms with Crippen LogP contribution in [-0.4, -0.2) is 24.6 Å². The van der Waals surface area contributed by atoms with E-state index in [0.29, 0.717) is 6.04 Å². The maximum absolute atomic E-state index is 4.44. The standard InChI is InChI=1S/C12H23N3S/c1-4-11-9-15-12(16-11)10(3)14-8-6-7-13-5-2/h9-10,13-14H,4-8H2,1-3H3. The minimum Gasteiger partial charge on any atom is -0.317 e. The third kappa shape index (κ3) is 4.60. The molecule has 0 fully saturated rings. The maximum atomic E-state index is 4.44. The minimum absolute atomic E-state index is 0.381. The quantitative estimate of drug-likeness (QED) is 0.686. The molecular formula is C12H23N3S. The molecule has 0 radical (unpaired) electrons. The highest BCUT2D eigenvalue weighted by Crippen LogP contribution is 2.19. The monoisotopic (exact) mass is 241 g/mol. The molecule has 1 atom stereocenters. The van der Waals surface area contributed by atoms with Gasteiger partial charge in [0.05, 0.1) is 6.04 Å². The van der Waals surface area contributed by atoms with Crippen LogP contribution >= 0.6 is 11.3 Å². The van der Waals surface area contributed by atoms with Gasteiger partial charge < -0.3 is 10.6 Å². The van der Waals surface area contributed by atoms with Crippen LogP contribution in [0.25, 0.3) is 0 Å². The largest absolute Gasteiger partial charge is 0.317 e. The molecule has 0 aliphatic heterocycles. The van der Waals surface area contributed by atoms with Gasteiger partial charge in [-0.1, -0.05) is 13.8 Å². The summed E-state index contributed by atoms with van der Waals surface area (Å²) < 4.78 is 0. The van der Waals surface area contributed by atoms with Crippen LogP contribution in [0.3, 0.4) is 0 Å². The van der Waals surface area contributed by atoms with E-state index in [-0.39, 0.29) is 0 Å². The van der Waals surface area contributed by atoms with E-state index >= 15 is 0 Å². The average molecular weight is 241 g/mol. The Hall–Kier alpha value is -0.450. The number of hydrogen-bond donors (Lipinski definition) is 2. The third-order valence-electron chi connectivity index (χ3n) is 2.52. The number of thiazole rings is 1. The summed E-state index contributed by atoms with van der Waals surface area (Å²) in [4.78, 5) is 5.81. The molecule has 0 aromatic carbocycles. The van der Waals surface area contributed by atoms with Crippen LogP contribution in [0.2, 0.25) is 0 Å². The second kappa shape index (κ2) is 7.76. The van der Waals surface area contributed by atoms with E-state index in [4.69, 9.17) is 0 Å². The molecule has 0 bridgehead atoms. The lowest BCUT2D eigenvalue weighted by Crippen LogP contribution is -2.24. The van der Waals surface area contributed by atoms with Crippen LogP contribution in [-0.2, 0) is 6.42 Å². The summed E-state index contributed by atoms with van der Waals surface area (Å²) in [5.74, 6) is 0. The Morgan fingerprint density at radius 1 is 1.38 bits per heavy atom. The molecule has 0 spiro atoms. The molecule has 0 amide bonds. The molecule has 0 aliphatic rings. The van der Waals surface area contributed by atoms with E-state index in [9.17, 15) is 0 Å². The van der Waals surface area contributed by atoms with Crippen molar-refractivity contribution in [2.24, 2.45) is 0 Å². The van der Waals surface area contributed by atoms with Gasteiger partial charge in [0.1, 0.15) is 5.01 Å². The van der Waals surface area contributed by atoms with Crippen LogP contribution in [0.15, 0.2) is 6.20 Å². The molecule has 92 valence electrons. The van der Waals surface area contributed by atoms with Crippen molar-refractivity contribution in [3.05, 3.63) is 16.1 Å². The first-order chi connectivity index (χ1) is 7.77. The van der Waals surface area contributed by atoms with E-state index < -0.39 is 0 Å². The van der Waals surface area contributed by atoms with Crippen molar-refractivity contribution < 1.29 is 0 Å². The zero-order valence-electron chi connectivity index (χ0n) is 10.5. The lowest BCUT2D eigenvalue weighted by Gasteiger charge is -2.10. The van der Waals surface area contributed by atoms with Crippen molar-refractivity contribution in [2.75, 3.05) is 19.6 Å². The second-order valence-electron chi connectivity index (χ2n) is 3.90. The Balaban J connectivity index is 2.21. The Kier molecular flexibility index (Phi) is 6.61. The van der Waals surface area contributed by atoms with Crippen LogP contribution in [0.5, 0.6) is 0 Å². The molecule has 0 saturated carbocycles. The molecule has 1 unspecified atom stereocenters. The number of aromatic nitrogens is 1. The molecule has 1 rings (SSSR count). The second-order valence-corrected chi connectivity index (χ2v) is 5.05. The number of rotatable bonds is 8. The van der Waals surface area contributed by atoms with Crippen molar-refractivity contribution in [2.45, 2.75) is 39.7 Å². The molecule has 16 heavy (non-hydrogen) atoms. The topological polar surface area (TPSA) is 37.0 Å². The lowest BCUT2D eigenvalue weighted by atomic mass is 10.3. The summed E-state index contributed by atoms with van der Waals surface area (Å²) in [7, 11) is 0. The van der Waals surface area contributed by atoms with Gasteiger partial charge in [-0.3, -0.25) is 0 Å². The summed E-state index contributed by atoms with van der Waals surface area (Å²) >= 11 is 1.82. The van der Waals surface area contributed by atoms with Gasteiger partial charge in [-0.15, -0.1) is 11.3 Å². The summed E-state index contributed by atoms with van der Waals surface area (Å²) in [6, 6.07) is 0.381. The minimum atomic E-state index is 0.381.